The fraction of sp³-hybridized carbons (Fsp3) is 0.304. The number of benzene rings is 2. The van der Waals surface area contributed by atoms with Crippen LogP contribution >= 0.6 is 15.9 Å². The Bertz CT molecular complexity index is 1430. The molecule has 1 fully saturated rings. The van der Waals surface area contributed by atoms with Crippen molar-refractivity contribution >= 4 is 43.6 Å². The highest BCUT2D eigenvalue weighted by Crippen LogP contribution is 2.39. The van der Waals surface area contributed by atoms with Gasteiger partial charge in [0, 0.05) is 48.8 Å². The Labute approximate surface area is 196 Å². The predicted octanol–water partition coefficient (Wildman–Crippen LogP) is 4.41. The number of anilines is 1. The zero-order chi connectivity index (χ0) is 23.5. The summed E-state index contributed by atoms with van der Waals surface area (Å²) < 4.78 is 46.0. The maximum atomic E-state index is 14.2. The summed E-state index contributed by atoms with van der Waals surface area (Å²) >= 11 is 3.44. The zero-order valence-electron chi connectivity index (χ0n) is 18.0. The molecule has 4 aromatic rings. The summed E-state index contributed by atoms with van der Waals surface area (Å²) in [5.74, 6) is 0. The van der Waals surface area contributed by atoms with Gasteiger partial charge in [0.15, 0.2) is 0 Å². The molecule has 3 heterocycles. The maximum Gasteiger partial charge on any atom is 0.418 e. The Morgan fingerprint density at radius 3 is 2.42 bits per heavy atom. The molecule has 2 aromatic heterocycles. The smallest absolute Gasteiger partial charge is 0.368 e. The first-order chi connectivity index (χ1) is 15.6. The second-order valence-electron chi connectivity index (χ2n) is 8.32. The summed E-state index contributed by atoms with van der Waals surface area (Å²) in [6, 6.07) is 9.61. The number of halogens is 4. The number of fused-ring (bicyclic) bond motifs is 3. The Kier molecular flexibility index (Phi) is 5.24. The van der Waals surface area contributed by atoms with Crippen LogP contribution in [0, 0.1) is 0 Å². The van der Waals surface area contributed by atoms with Crippen molar-refractivity contribution in [2.45, 2.75) is 6.18 Å². The molecule has 33 heavy (non-hydrogen) atoms. The highest BCUT2D eigenvalue weighted by atomic mass is 79.9. The van der Waals surface area contributed by atoms with Gasteiger partial charge >= 0.3 is 11.9 Å². The van der Waals surface area contributed by atoms with Gasteiger partial charge in [-0.05, 0) is 43.4 Å². The van der Waals surface area contributed by atoms with Crippen LogP contribution in [0.2, 0.25) is 0 Å². The average Bonchev–Trinajstić information content (AvgIpc) is 3.04. The molecule has 0 atom stereocenters. The van der Waals surface area contributed by atoms with Crippen LogP contribution in [0.5, 0.6) is 0 Å². The van der Waals surface area contributed by atoms with Crippen LogP contribution in [0.25, 0.3) is 27.6 Å². The fourth-order valence-corrected chi connectivity index (χ4v) is 4.78. The van der Waals surface area contributed by atoms with Crippen LogP contribution in [0.15, 0.2) is 51.9 Å². The molecule has 1 aliphatic heterocycles. The monoisotopic (exact) mass is 519 g/mol. The lowest BCUT2D eigenvalue weighted by Crippen LogP contribution is -2.45. The third kappa shape index (κ3) is 3.71. The minimum atomic E-state index is -4.56. The number of likely N-dealkylation sites (N-methyl/N-ethyl adjacent to an activating group) is 1. The number of aromatic nitrogens is 3. The van der Waals surface area contributed by atoms with Crippen molar-refractivity contribution in [3.63, 3.8) is 0 Å². The number of aryl methyl sites for hydroxylation is 1. The van der Waals surface area contributed by atoms with Crippen molar-refractivity contribution in [2.24, 2.45) is 7.05 Å². The highest BCUT2D eigenvalue weighted by molar-refractivity contribution is 9.10. The van der Waals surface area contributed by atoms with Gasteiger partial charge in [-0.15, -0.1) is 0 Å². The number of rotatable bonds is 2. The first-order valence-electron chi connectivity index (χ1n) is 10.5. The Hall–Kier alpha value is -2.85. The summed E-state index contributed by atoms with van der Waals surface area (Å²) in [5, 5.41) is 0.677. The quantitative estimate of drug-likeness (QED) is 0.393. The highest BCUT2D eigenvalue weighted by Gasteiger charge is 2.36. The summed E-state index contributed by atoms with van der Waals surface area (Å²) in [4.78, 5) is 21.5. The van der Waals surface area contributed by atoms with Crippen LogP contribution in [0.1, 0.15) is 5.56 Å². The molecule has 10 heteroatoms. The van der Waals surface area contributed by atoms with Gasteiger partial charge in [0.05, 0.1) is 34.0 Å². The Balaban J connectivity index is 1.76. The fourth-order valence-electron chi connectivity index (χ4n) is 4.42. The molecule has 0 aliphatic carbocycles. The van der Waals surface area contributed by atoms with Gasteiger partial charge in [-0.1, -0.05) is 15.9 Å². The van der Waals surface area contributed by atoms with Gasteiger partial charge in [0.1, 0.15) is 0 Å². The molecule has 0 amide bonds. The van der Waals surface area contributed by atoms with Crippen molar-refractivity contribution in [1.82, 2.24) is 19.0 Å². The lowest BCUT2D eigenvalue weighted by Gasteiger charge is -2.35. The van der Waals surface area contributed by atoms with E-state index in [1.807, 2.05) is 19.2 Å². The molecule has 0 saturated carbocycles. The van der Waals surface area contributed by atoms with E-state index in [2.05, 4.69) is 25.8 Å². The molecule has 0 spiro atoms. The van der Waals surface area contributed by atoms with Crippen LogP contribution in [0.3, 0.4) is 0 Å². The normalized spacial score (nSPS) is 15.6. The van der Waals surface area contributed by atoms with E-state index in [-0.39, 0.29) is 11.4 Å². The second kappa shape index (κ2) is 7.88. The molecule has 2 aromatic carbocycles. The molecule has 0 unspecified atom stereocenters. The minimum Gasteiger partial charge on any atom is -0.368 e. The Morgan fingerprint density at radius 2 is 1.73 bits per heavy atom. The summed E-state index contributed by atoms with van der Waals surface area (Å²) in [7, 11) is 3.55. The van der Waals surface area contributed by atoms with Crippen molar-refractivity contribution < 1.29 is 13.2 Å². The van der Waals surface area contributed by atoms with E-state index in [1.165, 1.54) is 15.2 Å². The molecule has 172 valence electrons. The van der Waals surface area contributed by atoms with Gasteiger partial charge < -0.3 is 9.80 Å². The molecular formula is C23H21BrF3N5O. The maximum absolute atomic E-state index is 14.2. The largest absolute Gasteiger partial charge is 0.418 e. The lowest BCUT2D eigenvalue weighted by atomic mass is 10.1. The van der Waals surface area contributed by atoms with Gasteiger partial charge in [-0.25, -0.2) is 4.79 Å². The van der Waals surface area contributed by atoms with Crippen molar-refractivity contribution in [3.05, 3.63) is 63.1 Å². The molecule has 1 saturated heterocycles. The third-order valence-corrected chi connectivity index (χ3v) is 6.73. The minimum absolute atomic E-state index is 0.141. The molecule has 0 radical (unpaired) electrons. The Morgan fingerprint density at radius 1 is 1.00 bits per heavy atom. The predicted molar refractivity (Wildman–Crippen MR) is 126 cm³/mol. The summed E-state index contributed by atoms with van der Waals surface area (Å²) in [6.45, 7) is 2.40. The first-order valence-corrected chi connectivity index (χ1v) is 11.3. The van der Waals surface area contributed by atoms with E-state index in [9.17, 15) is 18.0 Å². The van der Waals surface area contributed by atoms with Gasteiger partial charge in [0.25, 0.3) is 0 Å². The van der Waals surface area contributed by atoms with E-state index in [4.69, 9.17) is 0 Å². The molecule has 6 nitrogen and oxygen atoms in total. The molecule has 1 aliphatic rings. The number of nitrogens with zero attached hydrogens (tertiary/aromatic N) is 5. The van der Waals surface area contributed by atoms with Gasteiger partial charge in [-0.2, -0.15) is 13.2 Å². The van der Waals surface area contributed by atoms with E-state index < -0.39 is 17.4 Å². The number of imidazole rings is 1. The van der Waals surface area contributed by atoms with Gasteiger partial charge in [-0.3, -0.25) is 14.1 Å². The van der Waals surface area contributed by atoms with E-state index in [0.717, 1.165) is 10.5 Å². The van der Waals surface area contributed by atoms with Gasteiger partial charge in [0.2, 0.25) is 0 Å². The topological polar surface area (TPSA) is 46.3 Å². The molecule has 0 N–H and O–H groups in total. The number of hydrogen-bond donors (Lipinski definition) is 0. The van der Waals surface area contributed by atoms with Crippen molar-refractivity contribution in [3.8, 4) is 5.69 Å². The summed E-state index contributed by atoms with van der Waals surface area (Å²) in [5.41, 5.74) is 0.852. The second-order valence-corrected chi connectivity index (χ2v) is 9.24. The zero-order valence-corrected chi connectivity index (χ0v) is 19.6. The van der Waals surface area contributed by atoms with E-state index in [0.29, 0.717) is 48.1 Å². The van der Waals surface area contributed by atoms with Crippen LogP contribution in [-0.4, -0.2) is 52.2 Å². The number of hydrogen-bond acceptors (Lipinski definition) is 4. The van der Waals surface area contributed by atoms with Crippen LogP contribution in [0.4, 0.5) is 18.9 Å². The number of pyridine rings is 1. The molecule has 0 bridgehead atoms. The standard InChI is InChI=1S/C23H21BrF3N5O/c1-29-7-9-31(10-8-29)19-6-4-15(12-17(19)23(25,26)27)32-21-16-11-14(24)3-5-18(16)28-13-20(21)30(2)22(32)33/h3-6,11-13H,7-10H2,1-2H3. The third-order valence-electron chi connectivity index (χ3n) is 6.23. The van der Waals surface area contributed by atoms with E-state index in [1.54, 1.807) is 30.3 Å². The SMILES string of the molecule is CN1CCN(c2ccc(-n3c(=O)n(C)c4cnc5ccc(Br)cc5c43)cc2C(F)(F)F)CC1. The van der Waals surface area contributed by atoms with E-state index >= 15 is 0 Å². The molecular weight excluding hydrogens is 499 g/mol. The lowest BCUT2D eigenvalue weighted by molar-refractivity contribution is -0.137. The van der Waals surface area contributed by atoms with Crippen LogP contribution in [-0.2, 0) is 13.2 Å². The van der Waals surface area contributed by atoms with Crippen molar-refractivity contribution in [2.75, 3.05) is 38.1 Å². The average molecular weight is 520 g/mol. The van der Waals surface area contributed by atoms with Crippen molar-refractivity contribution in [1.29, 1.82) is 0 Å². The molecule has 5 rings (SSSR count). The van der Waals surface area contributed by atoms with Crippen LogP contribution < -0.4 is 10.6 Å². The summed E-state index contributed by atoms with van der Waals surface area (Å²) in [6.07, 6.45) is -2.98. The first kappa shape index (κ1) is 22.0. The number of piperazine rings is 1. The number of alkyl halides is 3.